The normalized spacial score (nSPS) is 10.5. The summed E-state index contributed by atoms with van der Waals surface area (Å²) in [5, 5.41) is 10.4. The molecule has 0 saturated heterocycles. The Morgan fingerprint density at radius 1 is 1.54 bits per heavy atom. The van der Waals surface area contributed by atoms with Crippen molar-refractivity contribution in [2.75, 3.05) is 0 Å². The molecule has 3 heteroatoms. The topological polar surface area (TPSA) is 43.1 Å². The third-order valence-electron chi connectivity index (χ3n) is 1.63. The predicted octanol–water partition coefficient (Wildman–Crippen LogP) is 3.02. The summed E-state index contributed by atoms with van der Waals surface area (Å²) < 4.78 is 0. The van der Waals surface area contributed by atoms with Gasteiger partial charge in [-0.15, -0.1) is 0 Å². The van der Waals surface area contributed by atoms with E-state index in [-0.39, 0.29) is 10.6 Å². The summed E-state index contributed by atoms with van der Waals surface area (Å²) in [5.74, 6) is 0. The second-order valence-corrected chi connectivity index (χ2v) is 2.66. The molecule has 1 rings (SSSR count). The van der Waals surface area contributed by atoms with Gasteiger partial charge >= 0.3 is 0 Å². The second kappa shape index (κ2) is 4.40. The minimum atomic E-state index is -0.386. The molecule has 0 spiro atoms. The number of nitro groups is 1. The molecule has 1 aromatic carbocycles. The molecule has 0 N–H and O–H groups in total. The zero-order valence-corrected chi connectivity index (χ0v) is 7.43. The lowest BCUT2D eigenvalue weighted by Crippen LogP contribution is -1.87. The zero-order valence-electron chi connectivity index (χ0n) is 7.43. The van der Waals surface area contributed by atoms with Crippen LogP contribution in [0.15, 0.2) is 30.3 Å². The molecule has 0 heterocycles. The molecular weight excluding hydrogens is 166 g/mol. The Kier molecular flexibility index (Phi) is 3.20. The van der Waals surface area contributed by atoms with Crippen molar-refractivity contribution in [1.29, 1.82) is 0 Å². The summed E-state index contributed by atoms with van der Waals surface area (Å²) >= 11 is 0. The molecule has 0 aliphatic heterocycles. The van der Waals surface area contributed by atoms with Crippen molar-refractivity contribution in [2.45, 2.75) is 13.3 Å². The van der Waals surface area contributed by atoms with E-state index in [1.807, 2.05) is 25.1 Å². The minimum absolute atomic E-state index is 0.137. The SMILES string of the molecule is CC/C=C\c1cccc([N+](=O)[O-])c1. The minimum Gasteiger partial charge on any atom is -0.258 e. The standard InChI is InChI=1S/C10H11NO2/c1-2-3-5-9-6-4-7-10(8-9)11(12)13/h3-8H,2H2,1H3/b5-3-. The number of allylic oxidation sites excluding steroid dienone is 1. The van der Waals surface area contributed by atoms with Crippen molar-refractivity contribution >= 4 is 11.8 Å². The number of nitro benzene ring substituents is 1. The zero-order chi connectivity index (χ0) is 9.68. The molecule has 0 aliphatic rings. The van der Waals surface area contributed by atoms with Crippen LogP contribution in [0.2, 0.25) is 0 Å². The quantitative estimate of drug-likeness (QED) is 0.526. The Bertz CT molecular complexity index is 331. The van der Waals surface area contributed by atoms with Gasteiger partial charge in [-0.2, -0.15) is 0 Å². The van der Waals surface area contributed by atoms with Crippen molar-refractivity contribution in [3.05, 3.63) is 46.0 Å². The fraction of sp³-hybridized carbons (Fsp3) is 0.200. The van der Waals surface area contributed by atoms with Crippen molar-refractivity contribution in [3.8, 4) is 0 Å². The molecule has 0 atom stereocenters. The maximum atomic E-state index is 10.4. The van der Waals surface area contributed by atoms with Gasteiger partial charge in [0, 0.05) is 12.1 Å². The van der Waals surface area contributed by atoms with Crippen LogP contribution in [0.25, 0.3) is 6.08 Å². The van der Waals surface area contributed by atoms with Gasteiger partial charge in [-0.25, -0.2) is 0 Å². The average Bonchev–Trinajstić information content (AvgIpc) is 2.15. The number of benzene rings is 1. The smallest absolute Gasteiger partial charge is 0.258 e. The summed E-state index contributed by atoms with van der Waals surface area (Å²) in [7, 11) is 0. The Morgan fingerprint density at radius 3 is 2.92 bits per heavy atom. The van der Waals surface area contributed by atoms with Crippen LogP contribution in [0, 0.1) is 10.1 Å². The Labute approximate surface area is 76.9 Å². The van der Waals surface area contributed by atoms with E-state index in [2.05, 4.69) is 0 Å². The van der Waals surface area contributed by atoms with Gasteiger partial charge in [-0.3, -0.25) is 10.1 Å². The maximum absolute atomic E-state index is 10.4. The van der Waals surface area contributed by atoms with Crippen LogP contribution < -0.4 is 0 Å². The molecule has 0 saturated carbocycles. The molecule has 13 heavy (non-hydrogen) atoms. The van der Waals surface area contributed by atoms with Gasteiger partial charge < -0.3 is 0 Å². The van der Waals surface area contributed by atoms with Crippen LogP contribution in [0.5, 0.6) is 0 Å². The second-order valence-electron chi connectivity index (χ2n) is 2.66. The van der Waals surface area contributed by atoms with Gasteiger partial charge in [-0.1, -0.05) is 31.2 Å². The van der Waals surface area contributed by atoms with E-state index in [0.717, 1.165) is 12.0 Å². The number of hydrogen-bond donors (Lipinski definition) is 0. The fourth-order valence-electron chi connectivity index (χ4n) is 0.996. The summed E-state index contributed by atoms with van der Waals surface area (Å²) in [5.41, 5.74) is 1.01. The Balaban J connectivity index is 2.92. The monoisotopic (exact) mass is 177 g/mol. The summed E-state index contributed by atoms with van der Waals surface area (Å²) in [4.78, 5) is 10.0. The van der Waals surface area contributed by atoms with E-state index in [0.29, 0.717) is 0 Å². The lowest BCUT2D eigenvalue weighted by atomic mass is 10.2. The van der Waals surface area contributed by atoms with Crippen molar-refractivity contribution < 1.29 is 4.92 Å². The first-order valence-electron chi connectivity index (χ1n) is 4.15. The molecule has 0 amide bonds. The number of rotatable bonds is 3. The Morgan fingerprint density at radius 2 is 2.31 bits per heavy atom. The summed E-state index contributed by atoms with van der Waals surface area (Å²) in [6, 6.07) is 6.59. The van der Waals surface area contributed by atoms with Gasteiger partial charge in [0.05, 0.1) is 4.92 Å². The van der Waals surface area contributed by atoms with Crippen molar-refractivity contribution in [2.24, 2.45) is 0 Å². The van der Waals surface area contributed by atoms with Crippen molar-refractivity contribution in [3.63, 3.8) is 0 Å². The number of non-ortho nitro benzene ring substituents is 1. The van der Waals surface area contributed by atoms with E-state index >= 15 is 0 Å². The number of nitrogens with zero attached hydrogens (tertiary/aromatic N) is 1. The highest BCUT2D eigenvalue weighted by molar-refractivity contribution is 5.53. The highest BCUT2D eigenvalue weighted by Gasteiger charge is 2.02. The first-order chi connectivity index (χ1) is 6.24. The molecule has 0 radical (unpaired) electrons. The van der Waals surface area contributed by atoms with Crippen LogP contribution in [-0.4, -0.2) is 4.92 Å². The first-order valence-corrected chi connectivity index (χ1v) is 4.15. The van der Waals surface area contributed by atoms with Crippen LogP contribution in [-0.2, 0) is 0 Å². The predicted molar refractivity (Wildman–Crippen MR) is 52.4 cm³/mol. The van der Waals surface area contributed by atoms with Gasteiger partial charge in [0.25, 0.3) is 5.69 Å². The van der Waals surface area contributed by atoms with Gasteiger partial charge in [0.2, 0.25) is 0 Å². The molecule has 68 valence electrons. The molecule has 0 aliphatic carbocycles. The number of hydrogen-bond acceptors (Lipinski definition) is 2. The van der Waals surface area contributed by atoms with E-state index in [9.17, 15) is 10.1 Å². The van der Waals surface area contributed by atoms with E-state index < -0.39 is 0 Å². The lowest BCUT2D eigenvalue weighted by molar-refractivity contribution is -0.384. The molecular formula is C10H11NO2. The van der Waals surface area contributed by atoms with Gasteiger partial charge in [0.15, 0.2) is 0 Å². The highest BCUT2D eigenvalue weighted by atomic mass is 16.6. The third-order valence-corrected chi connectivity index (χ3v) is 1.63. The van der Waals surface area contributed by atoms with E-state index in [1.165, 1.54) is 6.07 Å². The van der Waals surface area contributed by atoms with Crippen LogP contribution in [0.3, 0.4) is 0 Å². The van der Waals surface area contributed by atoms with E-state index in [4.69, 9.17) is 0 Å². The molecule has 0 aromatic heterocycles. The lowest BCUT2D eigenvalue weighted by Gasteiger charge is -1.93. The fourth-order valence-corrected chi connectivity index (χ4v) is 0.996. The summed E-state index contributed by atoms with van der Waals surface area (Å²) in [6.07, 6.45) is 4.79. The first kappa shape index (κ1) is 9.45. The maximum Gasteiger partial charge on any atom is 0.270 e. The van der Waals surface area contributed by atoms with Gasteiger partial charge in [-0.05, 0) is 12.0 Å². The van der Waals surface area contributed by atoms with Crippen molar-refractivity contribution in [1.82, 2.24) is 0 Å². The molecule has 0 unspecified atom stereocenters. The van der Waals surface area contributed by atoms with Crippen LogP contribution in [0.1, 0.15) is 18.9 Å². The summed E-state index contributed by atoms with van der Waals surface area (Å²) in [6.45, 7) is 2.02. The molecule has 0 fully saturated rings. The van der Waals surface area contributed by atoms with Crippen LogP contribution >= 0.6 is 0 Å². The Hall–Kier alpha value is -1.64. The van der Waals surface area contributed by atoms with Crippen LogP contribution in [0.4, 0.5) is 5.69 Å². The molecule has 0 bridgehead atoms. The largest absolute Gasteiger partial charge is 0.270 e. The third kappa shape index (κ3) is 2.71. The van der Waals surface area contributed by atoms with E-state index in [1.54, 1.807) is 12.1 Å². The highest BCUT2D eigenvalue weighted by Crippen LogP contribution is 2.14. The average molecular weight is 177 g/mol. The molecule has 1 aromatic rings. The van der Waals surface area contributed by atoms with Gasteiger partial charge in [0.1, 0.15) is 0 Å². The molecule has 3 nitrogen and oxygen atoms in total.